The summed E-state index contributed by atoms with van der Waals surface area (Å²) in [7, 11) is -2.07. The molecule has 0 aliphatic carbocycles. The first-order valence-electron chi connectivity index (χ1n) is 14.0. The lowest BCUT2D eigenvalue weighted by Crippen LogP contribution is -2.51. The lowest BCUT2D eigenvalue weighted by molar-refractivity contribution is 0.669. The van der Waals surface area contributed by atoms with Crippen molar-refractivity contribution in [3.8, 4) is 28.3 Å². The quantitative estimate of drug-likeness (QED) is 0.208. The Kier molecular flexibility index (Phi) is 4.46. The summed E-state index contributed by atoms with van der Waals surface area (Å²) in [6.45, 7) is 4.83. The minimum Gasteiger partial charge on any atom is -0.456 e. The molecule has 0 N–H and O–H groups in total. The second-order valence-electron chi connectivity index (χ2n) is 11.4. The van der Waals surface area contributed by atoms with E-state index in [1.807, 2.05) is 18.2 Å². The van der Waals surface area contributed by atoms with E-state index in [9.17, 15) is 0 Å². The normalized spacial score (nSPS) is 13.8. The van der Waals surface area contributed by atoms with Crippen LogP contribution >= 0.6 is 0 Å². The van der Waals surface area contributed by atoms with Crippen LogP contribution in [0.1, 0.15) is 0 Å². The van der Waals surface area contributed by atoms with Gasteiger partial charge in [0.1, 0.15) is 25.1 Å². The van der Waals surface area contributed by atoms with E-state index in [1.165, 1.54) is 21.5 Å². The van der Waals surface area contributed by atoms with E-state index in [4.69, 9.17) is 14.4 Å². The van der Waals surface area contributed by atoms with Crippen molar-refractivity contribution in [3.63, 3.8) is 0 Å². The Morgan fingerprint density at radius 3 is 2.22 bits per heavy atom. The molecule has 194 valence electrons. The number of hydrogen-bond donors (Lipinski definition) is 0. The highest BCUT2D eigenvalue weighted by Gasteiger charge is 2.42. The highest BCUT2D eigenvalue weighted by Crippen LogP contribution is 2.41. The Bertz CT molecular complexity index is 2350. The van der Waals surface area contributed by atoms with Crippen molar-refractivity contribution in [1.82, 2.24) is 14.5 Å². The lowest BCUT2D eigenvalue weighted by atomic mass is 10.1. The molecule has 3 aromatic heterocycles. The van der Waals surface area contributed by atoms with Crippen LogP contribution in [0.4, 0.5) is 0 Å². The van der Waals surface area contributed by atoms with Crippen molar-refractivity contribution in [1.29, 1.82) is 0 Å². The highest BCUT2D eigenvalue weighted by atomic mass is 28.3. The molecule has 0 saturated carbocycles. The molecule has 4 nitrogen and oxygen atoms in total. The van der Waals surface area contributed by atoms with Crippen LogP contribution in [-0.4, -0.2) is 22.6 Å². The number of benzene rings is 5. The minimum absolute atomic E-state index is 0.772. The van der Waals surface area contributed by atoms with Gasteiger partial charge in [0.05, 0.1) is 11.0 Å². The molecule has 0 unspecified atom stereocenters. The number of nitrogens with zero attached hydrogens (tertiary/aromatic N) is 3. The maximum atomic E-state index is 6.32. The molecule has 0 fully saturated rings. The summed E-state index contributed by atoms with van der Waals surface area (Å²) in [5.41, 5.74) is 7.50. The maximum absolute atomic E-state index is 6.32. The summed E-state index contributed by atoms with van der Waals surface area (Å²) < 4.78 is 8.69. The lowest BCUT2D eigenvalue weighted by Gasteiger charge is -2.19. The number of furan rings is 1. The fourth-order valence-electron chi connectivity index (χ4n) is 6.82. The third-order valence-corrected chi connectivity index (χ3v) is 12.1. The smallest absolute Gasteiger partial charge is 0.161 e. The van der Waals surface area contributed by atoms with E-state index in [0.29, 0.717) is 0 Å². The predicted molar refractivity (Wildman–Crippen MR) is 171 cm³/mol. The van der Waals surface area contributed by atoms with Crippen LogP contribution in [0.5, 0.6) is 0 Å². The molecule has 8 aromatic rings. The fraction of sp³-hybridized carbons (Fsp3) is 0.0556. The molecule has 5 aromatic carbocycles. The molecular formula is C36H25N3OSi. The van der Waals surface area contributed by atoms with Gasteiger partial charge < -0.3 is 4.42 Å². The van der Waals surface area contributed by atoms with Gasteiger partial charge in [-0.1, -0.05) is 104 Å². The number of hydrogen-bond acceptors (Lipinski definition) is 3. The Balaban J connectivity index is 1.48. The van der Waals surface area contributed by atoms with Crippen LogP contribution in [0.2, 0.25) is 13.1 Å². The molecule has 0 bridgehead atoms. The molecule has 5 heteroatoms. The molecule has 41 heavy (non-hydrogen) atoms. The topological polar surface area (TPSA) is 43.9 Å². The van der Waals surface area contributed by atoms with Gasteiger partial charge in [0.2, 0.25) is 0 Å². The summed E-state index contributed by atoms with van der Waals surface area (Å²) >= 11 is 0. The van der Waals surface area contributed by atoms with Gasteiger partial charge in [0.15, 0.2) is 5.82 Å². The Morgan fingerprint density at radius 2 is 1.34 bits per heavy atom. The van der Waals surface area contributed by atoms with Crippen LogP contribution < -0.4 is 10.5 Å². The first-order chi connectivity index (χ1) is 20.1. The number of aromatic nitrogens is 3. The van der Waals surface area contributed by atoms with Gasteiger partial charge in [-0.15, -0.1) is 0 Å². The van der Waals surface area contributed by atoms with Gasteiger partial charge >= 0.3 is 0 Å². The first-order valence-corrected chi connectivity index (χ1v) is 17.0. The van der Waals surface area contributed by atoms with Gasteiger partial charge in [-0.2, -0.15) is 0 Å². The third kappa shape index (κ3) is 3.04. The van der Waals surface area contributed by atoms with Crippen LogP contribution in [0.25, 0.3) is 72.1 Å². The van der Waals surface area contributed by atoms with E-state index in [2.05, 4.69) is 115 Å². The van der Waals surface area contributed by atoms with Crippen molar-refractivity contribution in [2.75, 3.05) is 0 Å². The standard InChI is InChI=1S/C36H25N3OSi/c1-41(2)32-19-11-8-16-25(32)33-35(37-34(38-36(33)41)22-12-4-3-5-13-22)39-28-17-9-6-14-23(28)26-21-31-27(20-29(26)39)24-15-7-10-18-30(24)40-31/h3-21H,1-2H3. The molecule has 0 spiro atoms. The number of para-hydroxylation sites is 2. The Morgan fingerprint density at radius 1 is 0.610 bits per heavy atom. The summed E-state index contributed by atoms with van der Waals surface area (Å²) in [6, 6.07) is 40.6. The van der Waals surface area contributed by atoms with E-state index < -0.39 is 8.07 Å². The van der Waals surface area contributed by atoms with Crippen molar-refractivity contribution in [2.24, 2.45) is 0 Å². The van der Waals surface area contributed by atoms with E-state index in [1.54, 1.807) is 0 Å². The second-order valence-corrected chi connectivity index (χ2v) is 15.7. The van der Waals surface area contributed by atoms with E-state index in [0.717, 1.165) is 61.1 Å². The first kappa shape index (κ1) is 22.8. The molecule has 0 saturated heterocycles. The molecule has 0 atom stereocenters. The molecule has 1 aliphatic rings. The van der Waals surface area contributed by atoms with Gasteiger partial charge in [0.25, 0.3) is 0 Å². The maximum Gasteiger partial charge on any atom is 0.161 e. The van der Waals surface area contributed by atoms with Crippen molar-refractivity contribution in [3.05, 3.63) is 115 Å². The zero-order valence-corrected chi connectivity index (χ0v) is 23.7. The molecule has 0 radical (unpaired) electrons. The van der Waals surface area contributed by atoms with Gasteiger partial charge in [-0.25, -0.2) is 9.97 Å². The summed E-state index contributed by atoms with van der Waals surface area (Å²) in [6.07, 6.45) is 0. The summed E-state index contributed by atoms with van der Waals surface area (Å²) in [5.74, 6) is 1.71. The largest absolute Gasteiger partial charge is 0.456 e. The number of fused-ring (bicyclic) bond motifs is 9. The average Bonchev–Trinajstić information content (AvgIpc) is 3.62. The third-order valence-electron chi connectivity index (χ3n) is 8.77. The Labute approximate surface area is 237 Å². The van der Waals surface area contributed by atoms with E-state index >= 15 is 0 Å². The molecular weight excluding hydrogens is 519 g/mol. The SMILES string of the molecule is C[Si]1(C)c2ccccc2-c2c(-n3c4ccccc4c4cc5oc6ccccc6c5cc43)nc(-c3ccccc3)nc21. The zero-order chi connectivity index (χ0) is 27.3. The van der Waals surface area contributed by atoms with Gasteiger partial charge in [-0.3, -0.25) is 4.57 Å². The van der Waals surface area contributed by atoms with Gasteiger partial charge in [0, 0.05) is 38.0 Å². The predicted octanol–water partition coefficient (Wildman–Crippen LogP) is 7.94. The van der Waals surface area contributed by atoms with Crippen LogP contribution in [-0.2, 0) is 0 Å². The number of rotatable bonds is 2. The highest BCUT2D eigenvalue weighted by molar-refractivity contribution is 7.03. The summed E-state index contributed by atoms with van der Waals surface area (Å²) in [4.78, 5) is 10.7. The minimum atomic E-state index is -2.07. The van der Waals surface area contributed by atoms with E-state index in [-0.39, 0.29) is 0 Å². The summed E-state index contributed by atoms with van der Waals surface area (Å²) in [5, 5.41) is 7.19. The van der Waals surface area contributed by atoms with Crippen LogP contribution in [0.15, 0.2) is 120 Å². The van der Waals surface area contributed by atoms with Crippen molar-refractivity contribution >= 4 is 62.3 Å². The second kappa shape index (κ2) is 8.02. The van der Waals surface area contributed by atoms with Crippen LogP contribution in [0.3, 0.4) is 0 Å². The molecule has 1 aliphatic heterocycles. The van der Waals surface area contributed by atoms with Crippen molar-refractivity contribution < 1.29 is 4.42 Å². The molecule has 4 heterocycles. The zero-order valence-electron chi connectivity index (χ0n) is 22.7. The fourth-order valence-corrected chi connectivity index (χ4v) is 9.72. The van der Waals surface area contributed by atoms with Crippen LogP contribution in [0, 0.1) is 0 Å². The molecule has 0 amide bonds. The van der Waals surface area contributed by atoms with Crippen molar-refractivity contribution in [2.45, 2.75) is 13.1 Å². The molecule has 9 rings (SSSR count). The Hall–Kier alpha value is -5.00. The monoisotopic (exact) mass is 543 g/mol. The van der Waals surface area contributed by atoms with Gasteiger partial charge in [-0.05, 0) is 35.0 Å². The average molecular weight is 544 g/mol.